The van der Waals surface area contributed by atoms with Crippen molar-refractivity contribution in [1.82, 2.24) is 0 Å². The van der Waals surface area contributed by atoms with Gasteiger partial charge in [0.15, 0.2) is 5.60 Å². The van der Waals surface area contributed by atoms with Crippen LogP contribution >= 0.6 is 0 Å². The molecule has 0 aliphatic heterocycles. The van der Waals surface area contributed by atoms with Gasteiger partial charge in [0.25, 0.3) is 0 Å². The fraction of sp³-hybridized carbons (Fsp3) is 0.636. The molecule has 0 aromatic heterocycles. The fourth-order valence-corrected chi connectivity index (χ4v) is 1.71. The first-order valence-electron chi connectivity index (χ1n) is 4.68. The molecule has 1 aliphatic rings. The monoisotopic (exact) mass is 198 g/mol. The van der Waals surface area contributed by atoms with Gasteiger partial charge in [-0.15, -0.1) is 0 Å². The number of methoxy groups -OCH3 is 3. The normalized spacial score (nSPS) is 32.3. The van der Waals surface area contributed by atoms with Crippen LogP contribution in [0, 0.1) is 0 Å². The molecule has 0 heterocycles. The fourth-order valence-electron chi connectivity index (χ4n) is 1.71. The van der Waals surface area contributed by atoms with Gasteiger partial charge in [0, 0.05) is 14.2 Å². The van der Waals surface area contributed by atoms with E-state index in [1.54, 1.807) is 21.3 Å². The Kier molecular flexibility index (Phi) is 3.72. The van der Waals surface area contributed by atoms with Crippen LogP contribution in [0.3, 0.4) is 0 Å². The molecule has 0 fully saturated rings. The third kappa shape index (κ3) is 1.83. The Balaban J connectivity index is 3.03. The molecule has 1 rings (SSSR count). The summed E-state index contributed by atoms with van der Waals surface area (Å²) in [5.74, 6) is 0.817. The first-order chi connectivity index (χ1) is 6.69. The molecular formula is C11H18O3. The maximum atomic E-state index is 5.50. The highest BCUT2D eigenvalue weighted by molar-refractivity contribution is 5.21. The Morgan fingerprint density at radius 2 is 2.07 bits per heavy atom. The van der Waals surface area contributed by atoms with Crippen LogP contribution in [-0.2, 0) is 14.2 Å². The summed E-state index contributed by atoms with van der Waals surface area (Å²) in [5, 5.41) is 0. The summed E-state index contributed by atoms with van der Waals surface area (Å²) in [7, 11) is 4.99. The van der Waals surface area contributed by atoms with Crippen LogP contribution in [0.15, 0.2) is 24.0 Å². The predicted molar refractivity (Wildman–Crippen MR) is 55.1 cm³/mol. The van der Waals surface area contributed by atoms with Gasteiger partial charge in [-0.2, -0.15) is 0 Å². The number of rotatable bonds is 3. The summed E-state index contributed by atoms with van der Waals surface area (Å²) in [6.07, 6.45) is 6.81. The van der Waals surface area contributed by atoms with Crippen molar-refractivity contribution >= 4 is 0 Å². The van der Waals surface area contributed by atoms with Crippen LogP contribution in [0.2, 0.25) is 0 Å². The molecule has 80 valence electrons. The highest BCUT2D eigenvalue weighted by atomic mass is 16.6. The van der Waals surface area contributed by atoms with Gasteiger partial charge in [0.05, 0.1) is 7.11 Å². The molecule has 3 heteroatoms. The highest BCUT2D eigenvalue weighted by Crippen LogP contribution is 2.30. The molecule has 0 N–H and O–H groups in total. The molecule has 0 saturated carbocycles. The third-order valence-corrected chi connectivity index (χ3v) is 2.68. The Labute approximate surface area is 85.3 Å². The molecule has 0 amide bonds. The van der Waals surface area contributed by atoms with Crippen LogP contribution in [-0.4, -0.2) is 33.0 Å². The lowest BCUT2D eigenvalue weighted by Gasteiger charge is -2.34. The number of hydrogen-bond acceptors (Lipinski definition) is 3. The maximum Gasteiger partial charge on any atom is 0.151 e. The molecule has 0 saturated heterocycles. The largest absolute Gasteiger partial charge is 0.498 e. The zero-order valence-corrected chi connectivity index (χ0v) is 9.24. The second-order valence-corrected chi connectivity index (χ2v) is 3.40. The van der Waals surface area contributed by atoms with E-state index < -0.39 is 5.60 Å². The summed E-state index contributed by atoms with van der Waals surface area (Å²) >= 11 is 0. The number of hydrogen-bond donors (Lipinski definition) is 0. The Bertz CT molecular complexity index is 245. The van der Waals surface area contributed by atoms with E-state index in [2.05, 4.69) is 6.08 Å². The summed E-state index contributed by atoms with van der Waals surface area (Å²) in [5.41, 5.74) is -0.531. The molecule has 0 aromatic carbocycles. The lowest BCUT2D eigenvalue weighted by Crippen LogP contribution is -2.43. The van der Waals surface area contributed by atoms with E-state index in [4.69, 9.17) is 14.2 Å². The minimum atomic E-state index is -0.531. The van der Waals surface area contributed by atoms with Gasteiger partial charge >= 0.3 is 0 Å². The van der Waals surface area contributed by atoms with E-state index in [0.717, 1.165) is 12.2 Å². The van der Waals surface area contributed by atoms with E-state index in [1.807, 2.05) is 19.1 Å². The molecule has 0 radical (unpaired) electrons. The van der Waals surface area contributed by atoms with Crippen LogP contribution < -0.4 is 0 Å². The van der Waals surface area contributed by atoms with Gasteiger partial charge in [-0.1, -0.05) is 12.2 Å². The van der Waals surface area contributed by atoms with Crippen molar-refractivity contribution in [2.75, 3.05) is 21.3 Å². The van der Waals surface area contributed by atoms with Crippen molar-refractivity contribution < 1.29 is 14.2 Å². The smallest absolute Gasteiger partial charge is 0.151 e. The topological polar surface area (TPSA) is 27.7 Å². The van der Waals surface area contributed by atoms with Gasteiger partial charge in [-0.3, -0.25) is 0 Å². The standard InChI is InChI=1S/C11H18O3/c1-11(14-4)9(12-2)7-5-6-8-10(11)13-3/h5,7-9H,6H2,1-4H3. The van der Waals surface area contributed by atoms with E-state index in [9.17, 15) is 0 Å². The second-order valence-electron chi connectivity index (χ2n) is 3.40. The summed E-state index contributed by atoms with van der Waals surface area (Å²) in [6, 6.07) is 0. The number of allylic oxidation sites excluding steroid dienone is 2. The first kappa shape index (κ1) is 11.3. The van der Waals surface area contributed by atoms with Crippen molar-refractivity contribution in [1.29, 1.82) is 0 Å². The van der Waals surface area contributed by atoms with Gasteiger partial charge in [0.2, 0.25) is 0 Å². The van der Waals surface area contributed by atoms with Crippen LogP contribution in [0.5, 0.6) is 0 Å². The van der Waals surface area contributed by atoms with E-state index in [1.165, 1.54) is 0 Å². The van der Waals surface area contributed by atoms with Crippen molar-refractivity contribution in [3.63, 3.8) is 0 Å². The van der Waals surface area contributed by atoms with E-state index in [-0.39, 0.29) is 6.10 Å². The number of ether oxygens (including phenoxy) is 3. The molecular weight excluding hydrogens is 180 g/mol. The zero-order chi connectivity index (χ0) is 10.6. The predicted octanol–water partition coefficient (Wildman–Crippen LogP) is 1.90. The van der Waals surface area contributed by atoms with Crippen molar-refractivity contribution in [2.24, 2.45) is 0 Å². The average molecular weight is 198 g/mol. The molecule has 0 aromatic rings. The lowest BCUT2D eigenvalue weighted by atomic mass is 9.96. The molecule has 1 aliphatic carbocycles. The molecule has 0 bridgehead atoms. The van der Waals surface area contributed by atoms with Crippen molar-refractivity contribution in [3.8, 4) is 0 Å². The quantitative estimate of drug-likeness (QED) is 0.648. The molecule has 14 heavy (non-hydrogen) atoms. The molecule has 0 spiro atoms. The summed E-state index contributed by atoms with van der Waals surface area (Å²) in [4.78, 5) is 0. The SMILES string of the molecule is COC1=CCC=CC(OC)C1(C)OC. The van der Waals surface area contributed by atoms with Crippen molar-refractivity contribution in [3.05, 3.63) is 24.0 Å². The van der Waals surface area contributed by atoms with Gasteiger partial charge in [0.1, 0.15) is 11.9 Å². The van der Waals surface area contributed by atoms with Gasteiger partial charge in [-0.05, 0) is 19.4 Å². The third-order valence-electron chi connectivity index (χ3n) is 2.68. The zero-order valence-electron chi connectivity index (χ0n) is 9.24. The van der Waals surface area contributed by atoms with Crippen molar-refractivity contribution in [2.45, 2.75) is 25.0 Å². The first-order valence-corrected chi connectivity index (χ1v) is 4.68. The summed E-state index contributed by atoms with van der Waals surface area (Å²) in [6.45, 7) is 1.96. The molecule has 2 atom stereocenters. The highest BCUT2D eigenvalue weighted by Gasteiger charge is 2.39. The molecule has 2 unspecified atom stereocenters. The van der Waals surface area contributed by atoms with Crippen LogP contribution in [0.25, 0.3) is 0 Å². The van der Waals surface area contributed by atoms with Crippen LogP contribution in [0.1, 0.15) is 13.3 Å². The Morgan fingerprint density at radius 1 is 1.36 bits per heavy atom. The lowest BCUT2D eigenvalue weighted by molar-refractivity contribution is -0.0857. The molecule has 3 nitrogen and oxygen atoms in total. The minimum absolute atomic E-state index is 0.110. The maximum absolute atomic E-state index is 5.50. The average Bonchev–Trinajstić information content (AvgIpc) is 2.37. The Hall–Kier alpha value is -0.800. The Morgan fingerprint density at radius 3 is 2.57 bits per heavy atom. The van der Waals surface area contributed by atoms with E-state index in [0.29, 0.717) is 0 Å². The van der Waals surface area contributed by atoms with Crippen LogP contribution in [0.4, 0.5) is 0 Å². The van der Waals surface area contributed by atoms with E-state index >= 15 is 0 Å². The van der Waals surface area contributed by atoms with Gasteiger partial charge < -0.3 is 14.2 Å². The summed E-state index contributed by atoms with van der Waals surface area (Å²) < 4.78 is 16.2. The minimum Gasteiger partial charge on any atom is -0.498 e. The second kappa shape index (κ2) is 4.62. The van der Waals surface area contributed by atoms with Gasteiger partial charge in [-0.25, -0.2) is 0 Å².